The maximum absolute atomic E-state index is 9.96. The van der Waals surface area contributed by atoms with E-state index in [-0.39, 0.29) is 6.10 Å². The quantitative estimate of drug-likeness (QED) is 0.865. The van der Waals surface area contributed by atoms with Crippen molar-refractivity contribution in [3.05, 3.63) is 34.9 Å². The van der Waals surface area contributed by atoms with Crippen LogP contribution >= 0.6 is 0 Å². The molecule has 2 heteroatoms. The van der Waals surface area contributed by atoms with Crippen molar-refractivity contribution in [3.63, 3.8) is 0 Å². The van der Waals surface area contributed by atoms with E-state index in [2.05, 4.69) is 36.9 Å². The summed E-state index contributed by atoms with van der Waals surface area (Å²) in [6.07, 6.45) is 2.19. The van der Waals surface area contributed by atoms with Crippen LogP contribution in [-0.2, 0) is 6.54 Å². The van der Waals surface area contributed by atoms with Crippen molar-refractivity contribution in [2.75, 3.05) is 13.1 Å². The lowest BCUT2D eigenvalue weighted by Crippen LogP contribution is -2.24. The van der Waals surface area contributed by atoms with Crippen LogP contribution in [-0.4, -0.2) is 29.2 Å². The first-order chi connectivity index (χ1) is 8.63. The number of rotatable bonds is 2. The van der Waals surface area contributed by atoms with Gasteiger partial charge in [0.2, 0.25) is 0 Å². The van der Waals surface area contributed by atoms with Crippen molar-refractivity contribution in [1.82, 2.24) is 4.90 Å². The molecule has 98 valence electrons. The highest BCUT2D eigenvalue weighted by atomic mass is 16.3. The summed E-state index contributed by atoms with van der Waals surface area (Å²) in [7, 11) is 0. The van der Waals surface area contributed by atoms with E-state index < -0.39 is 0 Å². The predicted octanol–water partition coefficient (Wildman–Crippen LogP) is 2.51. The van der Waals surface area contributed by atoms with Gasteiger partial charge in [0.15, 0.2) is 0 Å². The van der Waals surface area contributed by atoms with E-state index in [0.29, 0.717) is 5.92 Å². The van der Waals surface area contributed by atoms with E-state index in [0.717, 1.165) is 25.4 Å². The molecule has 2 aliphatic rings. The van der Waals surface area contributed by atoms with Crippen molar-refractivity contribution in [1.29, 1.82) is 0 Å². The van der Waals surface area contributed by atoms with E-state index >= 15 is 0 Å². The summed E-state index contributed by atoms with van der Waals surface area (Å²) >= 11 is 0. The molecule has 1 aromatic rings. The summed E-state index contributed by atoms with van der Waals surface area (Å²) in [6, 6.07) is 6.71. The molecule has 3 atom stereocenters. The first kappa shape index (κ1) is 12.2. The fraction of sp³-hybridized carbons (Fsp3) is 0.625. The lowest BCUT2D eigenvalue weighted by atomic mass is 10.00. The molecule has 0 aromatic heterocycles. The molecule has 1 aliphatic heterocycles. The standard InChI is InChI=1S/C16H23NO/c1-11-3-4-12(2)14(7-11)9-17-8-13-5-6-16(18)15(13)10-17/h3-4,7,13,15-16,18H,5-6,8-10H2,1-2H3. The number of fused-ring (bicyclic) bond motifs is 1. The molecule has 18 heavy (non-hydrogen) atoms. The van der Waals surface area contributed by atoms with Gasteiger partial charge in [-0.25, -0.2) is 0 Å². The third kappa shape index (κ3) is 2.19. The smallest absolute Gasteiger partial charge is 0.0583 e. The number of hydrogen-bond acceptors (Lipinski definition) is 2. The monoisotopic (exact) mass is 245 g/mol. The van der Waals surface area contributed by atoms with E-state index in [9.17, 15) is 5.11 Å². The number of benzene rings is 1. The molecule has 0 amide bonds. The number of hydrogen-bond donors (Lipinski definition) is 1. The molecule has 1 saturated heterocycles. The SMILES string of the molecule is Cc1ccc(C)c(CN2CC3CCC(O)C3C2)c1. The zero-order valence-corrected chi connectivity index (χ0v) is 11.4. The zero-order valence-electron chi connectivity index (χ0n) is 11.4. The Balaban J connectivity index is 1.69. The van der Waals surface area contributed by atoms with E-state index in [1.54, 1.807) is 0 Å². The molecule has 1 saturated carbocycles. The highest BCUT2D eigenvalue weighted by molar-refractivity contribution is 5.30. The molecule has 1 heterocycles. The van der Waals surface area contributed by atoms with Crippen LogP contribution in [0.5, 0.6) is 0 Å². The number of aryl methyl sites for hydroxylation is 2. The van der Waals surface area contributed by atoms with Crippen LogP contribution < -0.4 is 0 Å². The van der Waals surface area contributed by atoms with Gasteiger partial charge in [0.25, 0.3) is 0 Å². The van der Waals surface area contributed by atoms with Gasteiger partial charge in [0.05, 0.1) is 6.10 Å². The maximum Gasteiger partial charge on any atom is 0.0583 e. The Bertz CT molecular complexity index is 443. The van der Waals surface area contributed by atoms with Crippen molar-refractivity contribution < 1.29 is 5.11 Å². The second kappa shape index (κ2) is 4.67. The summed E-state index contributed by atoms with van der Waals surface area (Å²) in [5.41, 5.74) is 4.18. The zero-order chi connectivity index (χ0) is 12.7. The summed E-state index contributed by atoms with van der Waals surface area (Å²) in [5.74, 6) is 1.28. The number of aliphatic hydroxyl groups is 1. The largest absolute Gasteiger partial charge is 0.393 e. The molecular formula is C16H23NO. The first-order valence-corrected chi connectivity index (χ1v) is 7.10. The lowest BCUT2D eigenvalue weighted by Gasteiger charge is -2.19. The van der Waals surface area contributed by atoms with Crippen LogP contribution in [0, 0.1) is 25.7 Å². The van der Waals surface area contributed by atoms with E-state index in [1.807, 2.05) is 0 Å². The molecule has 1 N–H and O–H groups in total. The number of nitrogens with zero attached hydrogens (tertiary/aromatic N) is 1. The fourth-order valence-electron chi connectivity index (χ4n) is 3.67. The normalized spacial score (nSPS) is 31.8. The third-order valence-corrected chi connectivity index (χ3v) is 4.79. The summed E-state index contributed by atoms with van der Waals surface area (Å²) < 4.78 is 0. The minimum Gasteiger partial charge on any atom is -0.393 e. The minimum absolute atomic E-state index is 0.0430. The topological polar surface area (TPSA) is 23.5 Å². The van der Waals surface area contributed by atoms with Gasteiger partial charge in [0.1, 0.15) is 0 Å². The van der Waals surface area contributed by atoms with Crippen LogP contribution in [0.25, 0.3) is 0 Å². The van der Waals surface area contributed by atoms with Gasteiger partial charge in [-0.2, -0.15) is 0 Å². The molecule has 1 aliphatic carbocycles. The van der Waals surface area contributed by atoms with Gasteiger partial charge in [-0.3, -0.25) is 4.90 Å². The fourth-order valence-corrected chi connectivity index (χ4v) is 3.67. The average Bonchev–Trinajstić information content (AvgIpc) is 2.87. The van der Waals surface area contributed by atoms with Gasteiger partial charge < -0.3 is 5.11 Å². The Morgan fingerprint density at radius 2 is 2.06 bits per heavy atom. The van der Waals surface area contributed by atoms with Crippen LogP contribution in [0.4, 0.5) is 0 Å². The Labute approximate surface area is 110 Å². The number of likely N-dealkylation sites (tertiary alicyclic amines) is 1. The second-order valence-corrected chi connectivity index (χ2v) is 6.19. The van der Waals surface area contributed by atoms with Crippen LogP contribution in [0.3, 0.4) is 0 Å². The van der Waals surface area contributed by atoms with Gasteiger partial charge >= 0.3 is 0 Å². The Morgan fingerprint density at radius 1 is 1.22 bits per heavy atom. The van der Waals surface area contributed by atoms with Crippen LogP contribution in [0.1, 0.15) is 29.5 Å². The number of aliphatic hydroxyl groups excluding tert-OH is 1. The maximum atomic E-state index is 9.96. The molecule has 0 bridgehead atoms. The van der Waals surface area contributed by atoms with Crippen molar-refractivity contribution in [2.45, 2.75) is 39.3 Å². The van der Waals surface area contributed by atoms with Gasteiger partial charge in [-0.05, 0) is 43.7 Å². The average molecular weight is 245 g/mol. The summed E-state index contributed by atoms with van der Waals surface area (Å²) in [6.45, 7) is 7.66. The molecule has 3 rings (SSSR count). The van der Waals surface area contributed by atoms with Gasteiger partial charge in [-0.15, -0.1) is 0 Å². The molecule has 3 unspecified atom stereocenters. The molecule has 2 fully saturated rings. The molecule has 0 spiro atoms. The minimum atomic E-state index is -0.0430. The van der Waals surface area contributed by atoms with Crippen molar-refractivity contribution in [3.8, 4) is 0 Å². The Morgan fingerprint density at radius 3 is 2.83 bits per heavy atom. The van der Waals surface area contributed by atoms with E-state index in [4.69, 9.17) is 0 Å². The summed E-state index contributed by atoms with van der Waals surface area (Å²) in [5, 5.41) is 9.96. The molecular weight excluding hydrogens is 222 g/mol. The van der Waals surface area contributed by atoms with Crippen LogP contribution in [0.2, 0.25) is 0 Å². The Kier molecular flexibility index (Phi) is 3.16. The molecule has 1 aromatic carbocycles. The molecule has 2 nitrogen and oxygen atoms in total. The van der Waals surface area contributed by atoms with Crippen molar-refractivity contribution in [2.24, 2.45) is 11.8 Å². The first-order valence-electron chi connectivity index (χ1n) is 7.10. The van der Waals surface area contributed by atoms with Gasteiger partial charge in [0, 0.05) is 25.6 Å². The molecule has 0 radical (unpaired) electrons. The third-order valence-electron chi connectivity index (χ3n) is 4.79. The predicted molar refractivity (Wildman–Crippen MR) is 73.4 cm³/mol. The summed E-state index contributed by atoms with van der Waals surface area (Å²) in [4.78, 5) is 2.53. The van der Waals surface area contributed by atoms with Crippen LogP contribution in [0.15, 0.2) is 18.2 Å². The van der Waals surface area contributed by atoms with Gasteiger partial charge in [-0.1, -0.05) is 23.8 Å². The van der Waals surface area contributed by atoms with E-state index in [1.165, 1.54) is 29.7 Å². The highest BCUT2D eigenvalue weighted by Gasteiger charge is 2.41. The lowest BCUT2D eigenvalue weighted by molar-refractivity contribution is 0.123. The van der Waals surface area contributed by atoms with Crippen molar-refractivity contribution >= 4 is 0 Å². The highest BCUT2D eigenvalue weighted by Crippen LogP contribution is 2.38. The second-order valence-electron chi connectivity index (χ2n) is 6.19. The Hall–Kier alpha value is -0.860.